The number of aliphatic hydroxyl groups excluding tert-OH is 1. The number of benzene rings is 8. The van der Waals surface area contributed by atoms with E-state index in [1.54, 1.807) is 19.0 Å². The van der Waals surface area contributed by atoms with Crippen LogP contribution in [0.3, 0.4) is 0 Å². The molecule has 8 aromatic carbocycles. The number of aromatic nitrogens is 16. The van der Waals surface area contributed by atoms with Crippen LogP contribution in [0, 0.1) is 17.8 Å². The molecule has 20 aromatic rings. The van der Waals surface area contributed by atoms with Crippen molar-refractivity contribution in [3.8, 4) is 89.5 Å². The quantitative estimate of drug-likeness (QED) is 0.0600. The molecule has 4 saturated carbocycles. The Bertz CT molecular complexity index is 7460. The summed E-state index contributed by atoms with van der Waals surface area (Å²) in [6.45, 7) is 2.34. The van der Waals surface area contributed by atoms with Gasteiger partial charge in [0.05, 0.1) is 66.4 Å². The maximum atomic E-state index is 9.43. The van der Waals surface area contributed by atoms with Crippen molar-refractivity contribution >= 4 is 111 Å². The fraction of sp³-hybridized carbons (Fsp3) is 0.192. The average Bonchev–Trinajstić information content (AvgIpc) is 1.66. The van der Waals surface area contributed by atoms with E-state index < -0.39 is 0 Å². The minimum atomic E-state index is 0.236. The summed E-state index contributed by atoms with van der Waals surface area (Å²) in [5, 5.41) is 17.5. The van der Waals surface area contributed by atoms with Crippen molar-refractivity contribution in [2.24, 2.45) is 17.8 Å². The van der Waals surface area contributed by atoms with E-state index in [0.717, 1.165) is 228 Å². The lowest BCUT2D eigenvalue weighted by Crippen LogP contribution is -2.33. The summed E-state index contributed by atoms with van der Waals surface area (Å²) >= 11 is 0. The van der Waals surface area contributed by atoms with Crippen molar-refractivity contribution < 1.29 is 5.11 Å². The molecule has 0 aliphatic heterocycles. The van der Waals surface area contributed by atoms with Crippen LogP contribution in [-0.4, -0.2) is 115 Å². The summed E-state index contributed by atoms with van der Waals surface area (Å²) in [5.41, 5.74) is 49.5. The van der Waals surface area contributed by atoms with Crippen LogP contribution in [0.2, 0.25) is 0 Å². The summed E-state index contributed by atoms with van der Waals surface area (Å²) in [4.78, 5) is 57.4. The molecule has 0 bridgehead atoms. The van der Waals surface area contributed by atoms with Crippen LogP contribution in [0.1, 0.15) is 75.9 Å². The van der Waals surface area contributed by atoms with Crippen molar-refractivity contribution in [3.05, 3.63) is 293 Å². The van der Waals surface area contributed by atoms with Crippen molar-refractivity contribution in [3.63, 3.8) is 0 Å². The molecule has 4 aliphatic rings. The number of fused-ring (bicyclic) bond motifs is 8. The minimum absolute atomic E-state index is 0.236. The molecule has 620 valence electrons. The van der Waals surface area contributed by atoms with Gasteiger partial charge < -0.3 is 51.2 Å². The summed E-state index contributed by atoms with van der Waals surface area (Å²) < 4.78 is 9.03. The average molecular weight is 1650 g/mol. The van der Waals surface area contributed by atoms with Gasteiger partial charge in [-0.15, -0.1) is 0 Å². The number of nitrogens with two attached hydrogens (primary N) is 4. The highest BCUT2D eigenvalue weighted by Crippen LogP contribution is 2.47. The Morgan fingerprint density at radius 3 is 0.929 bits per heavy atom. The van der Waals surface area contributed by atoms with E-state index in [4.69, 9.17) is 42.9 Å². The van der Waals surface area contributed by atoms with Gasteiger partial charge in [0.15, 0.2) is 0 Å². The molecule has 0 radical (unpaired) electrons. The molecule has 0 unspecified atom stereocenters. The fourth-order valence-corrected chi connectivity index (χ4v) is 18.5. The van der Waals surface area contributed by atoms with E-state index in [-0.39, 0.29) is 6.61 Å². The van der Waals surface area contributed by atoms with E-state index in [9.17, 15) is 5.11 Å². The van der Waals surface area contributed by atoms with Crippen molar-refractivity contribution in [1.29, 1.82) is 0 Å². The molecule has 0 saturated heterocycles. The third-order valence-electron chi connectivity index (χ3n) is 25.6. The Morgan fingerprint density at radius 2 is 0.619 bits per heavy atom. The number of aliphatic hydroxyl groups is 1. The molecule has 0 spiro atoms. The monoisotopic (exact) mass is 1650 g/mol. The molecule has 24 rings (SSSR count). The van der Waals surface area contributed by atoms with Crippen LogP contribution in [0.4, 0.5) is 23.3 Å². The van der Waals surface area contributed by atoms with Crippen LogP contribution >= 0.6 is 0 Å². The van der Waals surface area contributed by atoms with Crippen molar-refractivity contribution in [2.45, 2.75) is 82.5 Å². The molecule has 0 atom stereocenters. The van der Waals surface area contributed by atoms with Crippen LogP contribution in [0.5, 0.6) is 0 Å². The second kappa shape index (κ2) is 33.3. The number of nitrogens with zero attached hydrogens (tertiary/aromatic N) is 17. The zero-order valence-corrected chi connectivity index (χ0v) is 70.0. The number of hydrogen-bond acceptors (Lipinski definition) is 18. The molecule has 4 aliphatic carbocycles. The van der Waals surface area contributed by atoms with Crippen LogP contribution in [0.15, 0.2) is 293 Å². The van der Waals surface area contributed by atoms with Crippen molar-refractivity contribution in [1.82, 2.24) is 83.0 Å². The van der Waals surface area contributed by atoms with E-state index in [1.165, 1.54) is 38.4 Å². The maximum absolute atomic E-state index is 9.43. The Balaban J connectivity index is 0.000000103. The normalized spacial score (nSPS) is 16.2. The lowest BCUT2D eigenvalue weighted by molar-refractivity contribution is 0.114. The van der Waals surface area contributed by atoms with Gasteiger partial charge in [-0.25, -0.2) is 59.8 Å². The number of hydrogen-bond donors (Lipinski definition) is 5. The highest BCUT2D eigenvalue weighted by Gasteiger charge is 2.35. The molecule has 12 heterocycles. The van der Waals surface area contributed by atoms with E-state index >= 15 is 0 Å². The molecular weight excluding hydrogens is 1560 g/mol. The first-order chi connectivity index (χ1) is 61.8. The smallest absolute Gasteiger partial charge is 0.146 e. The number of rotatable bonds is 16. The molecular formula is C104H93N21O. The van der Waals surface area contributed by atoms with E-state index in [0.29, 0.717) is 47.3 Å². The molecule has 22 nitrogen and oxygen atoms in total. The number of pyridine rings is 4. The Morgan fingerprint density at radius 1 is 0.317 bits per heavy atom. The second-order valence-electron chi connectivity index (χ2n) is 34.2. The predicted molar refractivity (Wildman–Crippen MR) is 507 cm³/mol. The maximum Gasteiger partial charge on any atom is 0.146 e. The van der Waals surface area contributed by atoms with Crippen LogP contribution < -0.4 is 22.9 Å². The van der Waals surface area contributed by atoms with Crippen LogP contribution in [-0.2, 0) is 6.54 Å². The predicted octanol–water partition coefficient (Wildman–Crippen LogP) is 21.2. The summed E-state index contributed by atoms with van der Waals surface area (Å²) in [5.74, 6) is 3.88. The third kappa shape index (κ3) is 15.3. The second-order valence-corrected chi connectivity index (χ2v) is 34.2. The standard InChI is InChI=1S/C28H28N6.C26H23N5O.2C25H21N5/c1-33(2)15-18-12-22(13-18)34-16-23(26-27(29)30-17-31-28(26)34)21-9-8-20-10-11-24(32-25(20)14-21)19-6-4-3-5-7-19;27-25-24-21(13-31(26(24)29-15-28-25)20-10-16(11-20)14-32)19-7-6-18-8-9-22(30-23(18)12-19)17-4-2-1-3-5-17;26-24-23-20(14-30(19-7-4-8-19)25(23)28-15-27-24)18-10-9-17-11-12-21(29-22(17)13-18)16-5-2-1-3-6-16;26-24-23-20(14-30(13-16-6-7-16)25(23)28-15-27-24)19-9-8-18-10-11-21(29-22(18)12-19)17-4-2-1-3-5-17/h3-11,14,16-18,22H,12-13,15H2,1-2H3,(H2,29,30,31);1-9,12-13,15-16,20,32H,10-11,14H2,(H2,27,28,29);1-3,5-6,9-15,19H,4,7-8H2,(H2,26,27,28);1-5,8-12,14-16H,6-7,13H2,(H2,26,27,28). The van der Waals surface area contributed by atoms with E-state index in [1.807, 2.05) is 72.8 Å². The molecule has 0 amide bonds. The minimum Gasteiger partial charge on any atom is -0.396 e. The summed E-state index contributed by atoms with van der Waals surface area (Å²) in [6, 6.07) is 84.6. The molecule has 9 N–H and O–H groups in total. The van der Waals surface area contributed by atoms with Gasteiger partial charge in [0.1, 0.15) is 71.2 Å². The molecule has 22 heteroatoms. The number of nitrogen functional groups attached to an aromatic ring is 4. The topological polar surface area (TPSA) is 302 Å². The highest BCUT2D eigenvalue weighted by molar-refractivity contribution is 6.06. The Labute approximate surface area is 727 Å². The largest absolute Gasteiger partial charge is 0.396 e. The Kier molecular flexibility index (Phi) is 20.7. The van der Waals surface area contributed by atoms with Crippen molar-refractivity contribution in [2.75, 3.05) is 50.2 Å². The van der Waals surface area contributed by atoms with Gasteiger partial charge in [0.25, 0.3) is 0 Å². The van der Waals surface area contributed by atoms with Gasteiger partial charge in [0, 0.05) is 129 Å². The SMILES string of the molecule is CN(C)CC1CC(n2cc(-c3ccc4ccc(-c5ccccc5)nc4c3)c3c(N)ncnc32)C1.Nc1ncnc2c1c(-c1ccc3ccc(-c4ccccc4)nc3c1)cn2C1CC(CO)C1.Nc1ncnc2c1c(-c1ccc3ccc(-c4ccccc4)nc3c1)cn2C1CCC1.Nc1ncnc2c1c(-c1ccc3ccc(-c4ccccc4)nc3c1)cn2CC1CC1. The zero-order chi connectivity index (χ0) is 85.0. The van der Waals surface area contributed by atoms with Gasteiger partial charge in [-0.3, -0.25) is 0 Å². The highest BCUT2D eigenvalue weighted by atomic mass is 16.3. The molecule has 12 aromatic heterocycles. The lowest BCUT2D eigenvalue weighted by atomic mass is 9.80. The number of anilines is 4. The van der Waals surface area contributed by atoms with Gasteiger partial charge in [-0.05, 0) is 160 Å². The van der Waals surface area contributed by atoms with Gasteiger partial charge in [-0.2, -0.15) is 0 Å². The summed E-state index contributed by atoms with van der Waals surface area (Å²) in [6.07, 6.45) is 25.4. The van der Waals surface area contributed by atoms with E-state index in [2.05, 4.69) is 272 Å². The van der Waals surface area contributed by atoms with Gasteiger partial charge in [-0.1, -0.05) is 194 Å². The first kappa shape index (κ1) is 78.3. The Hall–Kier alpha value is -15.0. The third-order valence-corrected chi connectivity index (χ3v) is 25.6. The first-order valence-electron chi connectivity index (χ1n) is 43.4. The van der Waals surface area contributed by atoms with Crippen LogP contribution in [0.25, 0.3) is 177 Å². The van der Waals surface area contributed by atoms with Gasteiger partial charge in [0.2, 0.25) is 0 Å². The zero-order valence-electron chi connectivity index (χ0n) is 70.0. The molecule has 4 fully saturated rings. The fourth-order valence-electron chi connectivity index (χ4n) is 18.5. The summed E-state index contributed by atoms with van der Waals surface area (Å²) in [7, 11) is 4.28. The first-order valence-corrected chi connectivity index (χ1v) is 43.4. The van der Waals surface area contributed by atoms with Gasteiger partial charge >= 0.3 is 0 Å². The molecule has 126 heavy (non-hydrogen) atoms. The lowest BCUT2D eigenvalue weighted by Gasteiger charge is -2.38.